The number of ether oxygens (including phenoxy) is 1. The lowest BCUT2D eigenvalue weighted by Crippen LogP contribution is -2.15. The lowest BCUT2D eigenvalue weighted by molar-refractivity contribution is 0.415. The van der Waals surface area contributed by atoms with Gasteiger partial charge in [0.05, 0.1) is 17.3 Å². The highest BCUT2D eigenvalue weighted by Crippen LogP contribution is 2.27. The van der Waals surface area contributed by atoms with E-state index in [1.54, 1.807) is 18.4 Å². The number of hydrogen-bond donors (Lipinski definition) is 0. The zero-order valence-corrected chi connectivity index (χ0v) is 14.5. The molecule has 5 heteroatoms. The van der Waals surface area contributed by atoms with Crippen LogP contribution in [0.3, 0.4) is 0 Å². The fourth-order valence-corrected chi connectivity index (χ4v) is 3.00. The van der Waals surface area contributed by atoms with E-state index in [9.17, 15) is 0 Å². The number of rotatable bonds is 3. The van der Waals surface area contributed by atoms with E-state index >= 15 is 0 Å². The van der Waals surface area contributed by atoms with Crippen molar-refractivity contribution < 1.29 is 4.74 Å². The van der Waals surface area contributed by atoms with Crippen molar-refractivity contribution in [1.82, 2.24) is 15.0 Å². The second-order valence-electron chi connectivity index (χ2n) is 6.31. The van der Waals surface area contributed by atoms with E-state index in [0.29, 0.717) is 0 Å². The summed E-state index contributed by atoms with van der Waals surface area (Å²) in [5, 5.41) is 0.952. The Balaban J connectivity index is 1.82. The van der Waals surface area contributed by atoms with Crippen LogP contribution in [0.15, 0.2) is 30.6 Å². The first kappa shape index (κ1) is 15.6. The van der Waals surface area contributed by atoms with Crippen molar-refractivity contribution in [2.45, 2.75) is 26.2 Å². The maximum Gasteiger partial charge on any atom is 0.133 e. The number of benzene rings is 1. The van der Waals surface area contributed by atoms with Crippen LogP contribution < -0.4 is 4.74 Å². The molecule has 118 valence electrons. The van der Waals surface area contributed by atoms with Crippen LogP contribution in [0.2, 0.25) is 0 Å². The average molecular weight is 325 g/mol. The van der Waals surface area contributed by atoms with Gasteiger partial charge in [-0.2, -0.15) is 0 Å². The van der Waals surface area contributed by atoms with E-state index in [1.165, 1.54) is 0 Å². The van der Waals surface area contributed by atoms with Crippen molar-refractivity contribution in [2.75, 3.05) is 7.11 Å². The van der Waals surface area contributed by atoms with Crippen LogP contribution in [-0.4, -0.2) is 22.1 Å². The van der Waals surface area contributed by atoms with Crippen LogP contribution in [0.1, 0.15) is 37.2 Å². The molecule has 2 heterocycles. The summed E-state index contributed by atoms with van der Waals surface area (Å²) in [6.45, 7) is 6.31. The van der Waals surface area contributed by atoms with E-state index in [-0.39, 0.29) is 5.41 Å². The molecule has 0 aliphatic carbocycles. The van der Waals surface area contributed by atoms with Gasteiger partial charge in [-0.15, -0.1) is 11.3 Å². The van der Waals surface area contributed by atoms with Crippen molar-refractivity contribution >= 4 is 33.7 Å². The molecule has 3 rings (SSSR count). The van der Waals surface area contributed by atoms with Crippen LogP contribution in [0.25, 0.3) is 22.4 Å². The molecule has 0 aliphatic heterocycles. The first-order valence-corrected chi connectivity index (χ1v) is 8.22. The third-order valence-corrected chi connectivity index (χ3v) is 4.36. The summed E-state index contributed by atoms with van der Waals surface area (Å²) in [6.07, 6.45) is 7.68. The molecule has 0 spiro atoms. The average Bonchev–Trinajstić information content (AvgIpc) is 2.94. The lowest BCUT2D eigenvalue weighted by Gasteiger charge is -2.15. The molecular weight excluding hydrogens is 306 g/mol. The lowest BCUT2D eigenvalue weighted by atomic mass is 9.96. The summed E-state index contributed by atoms with van der Waals surface area (Å²) in [5.41, 5.74) is 1.92. The van der Waals surface area contributed by atoms with Gasteiger partial charge in [0.15, 0.2) is 0 Å². The first-order chi connectivity index (χ1) is 11.0. The topological polar surface area (TPSA) is 47.9 Å². The third kappa shape index (κ3) is 3.56. The number of fused-ring (bicyclic) bond motifs is 1. The van der Waals surface area contributed by atoms with E-state index in [1.807, 2.05) is 42.7 Å². The molecule has 2 aromatic heterocycles. The van der Waals surface area contributed by atoms with Gasteiger partial charge in [0.1, 0.15) is 16.6 Å². The molecule has 0 N–H and O–H groups in total. The van der Waals surface area contributed by atoms with E-state index in [4.69, 9.17) is 4.74 Å². The van der Waals surface area contributed by atoms with Gasteiger partial charge in [-0.05, 0) is 30.4 Å². The highest BCUT2D eigenvalue weighted by atomic mass is 32.1. The fraction of sp³-hybridized carbons (Fsp3) is 0.278. The third-order valence-electron chi connectivity index (χ3n) is 3.37. The molecule has 4 nitrogen and oxygen atoms in total. The standard InChI is InChI=1S/C18H19N3OS/c1-18(2,3)17-19-10-12(11-20-17)5-8-16-21-14-7-6-13(22-4)9-15(14)23-16/h5-11H,1-4H3. The number of aromatic nitrogens is 3. The number of methoxy groups -OCH3 is 1. The van der Waals surface area contributed by atoms with E-state index < -0.39 is 0 Å². The molecule has 0 saturated heterocycles. The second kappa shape index (κ2) is 6.08. The highest BCUT2D eigenvalue weighted by molar-refractivity contribution is 7.19. The molecule has 23 heavy (non-hydrogen) atoms. The Hall–Kier alpha value is -2.27. The maximum absolute atomic E-state index is 5.24. The smallest absolute Gasteiger partial charge is 0.133 e. The first-order valence-electron chi connectivity index (χ1n) is 7.41. The molecule has 0 radical (unpaired) electrons. The van der Waals surface area contributed by atoms with Gasteiger partial charge >= 0.3 is 0 Å². The van der Waals surface area contributed by atoms with Crippen LogP contribution >= 0.6 is 11.3 Å². The molecule has 1 aromatic carbocycles. The molecule has 0 aliphatic rings. The molecule has 0 atom stereocenters. The minimum Gasteiger partial charge on any atom is -0.497 e. The minimum atomic E-state index is -0.0334. The number of hydrogen-bond acceptors (Lipinski definition) is 5. The maximum atomic E-state index is 5.24. The van der Waals surface area contributed by atoms with Gasteiger partial charge in [0.25, 0.3) is 0 Å². The Kier molecular flexibility index (Phi) is 4.13. The Labute approximate surface area is 139 Å². The second-order valence-corrected chi connectivity index (χ2v) is 7.37. The van der Waals surface area contributed by atoms with Gasteiger partial charge in [-0.3, -0.25) is 0 Å². The van der Waals surface area contributed by atoms with Crippen molar-refractivity contribution in [2.24, 2.45) is 0 Å². The summed E-state index contributed by atoms with van der Waals surface area (Å²) < 4.78 is 6.36. The molecule has 0 unspecified atom stereocenters. The predicted octanol–water partition coefficient (Wildman–Crippen LogP) is 4.56. The van der Waals surface area contributed by atoms with Crippen molar-refractivity contribution in [3.8, 4) is 5.75 Å². The molecule has 0 fully saturated rings. The number of thiazole rings is 1. The zero-order valence-electron chi connectivity index (χ0n) is 13.7. The van der Waals surface area contributed by atoms with Gasteiger partial charge in [0.2, 0.25) is 0 Å². The fourth-order valence-electron chi connectivity index (χ4n) is 2.10. The SMILES string of the molecule is COc1ccc2nc(C=Cc3cnc(C(C)(C)C)nc3)sc2c1. The van der Waals surface area contributed by atoms with E-state index in [2.05, 4.69) is 35.7 Å². The van der Waals surface area contributed by atoms with Gasteiger partial charge < -0.3 is 4.74 Å². The Morgan fingerprint density at radius 3 is 2.48 bits per heavy atom. The van der Waals surface area contributed by atoms with Gasteiger partial charge in [-0.25, -0.2) is 15.0 Å². The Morgan fingerprint density at radius 1 is 1.09 bits per heavy atom. The zero-order chi connectivity index (χ0) is 16.4. The highest BCUT2D eigenvalue weighted by Gasteiger charge is 2.16. The van der Waals surface area contributed by atoms with Gasteiger partial charge in [-0.1, -0.05) is 20.8 Å². The van der Waals surface area contributed by atoms with Crippen LogP contribution in [0.5, 0.6) is 5.75 Å². The summed E-state index contributed by atoms with van der Waals surface area (Å²) >= 11 is 1.63. The summed E-state index contributed by atoms with van der Waals surface area (Å²) in [6, 6.07) is 5.91. The van der Waals surface area contributed by atoms with Crippen molar-refractivity contribution in [3.63, 3.8) is 0 Å². The van der Waals surface area contributed by atoms with Crippen LogP contribution in [0, 0.1) is 0 Å². The summed E-state index contributed by atoms with van der Waals surface area (Å²) in [7, 11) is 1.67. The quantitative estimate of drug-likeness (QED) is 0.708. The summed E-state index contributed by atoms with van der Waals surface area (Å²) in [4.78, 5) is 13.5. The number of nitrogens with zero attached hydrogens (tertiary/aromatic N) is 3. The molecular formula is C18H19N3OS. The molecule has 0 bridgehead atoms. The monoisotopic (exact) mass is 325 g/mol. The largest absolute Gasteiger partial charge is 0.497 e. The normalized spacial score (nSPS) is 12.2. The Bertz CT molecular complexity index is 845. The predicted molar refractivity (Wildman–Crippen MR) is 95.8 cm³/mol. The molecule has 3 aromatic rings. The van der Waals surface area contributed by atoms with Crippen LogP contribution in [-0.2, 0) is 5.41 Å². The van der Waals surface area contributed by atoms with Crippen LogP contribution in [0.4, 0.5) is 0 Å². The Morgan fingerprint density at radius 2 is 1.83 bits per heavy atom. The van der Waals surface area contributed by atoms with Crippen molar-refractivity contribution in [1.29, 1.82) is 0 Å². The summed E-state index contributed by atoms with van der Waals surface area (Å²) in [5.74, 6) is 1.70. The minimum absolute atomic E-state index is 0.0334. The van der Waals surface area contributed by atoms with Gasteiger partial charge in [0, 0.05) is 23.4 Å². The molecule has 0 saturated carbocycles. The van der Waals surface area contributed by atoms with Crippen molar-refractivity contribution in [3.05, 3.63) is 47.0 Å². The molecule has 0 amide bonds. The van der Waals surface area contributed by atoms with E-state index in [0.717, 1.165) is 32.4 Å².